The van der Waals surface area contributed by atoms with E-state index >= 15 is 0 Å². The van der Waals surface area contributed by atoms with E-state index < -0.39 is 6.04 Å². The summed E-state index contributed by atoms with van der Waals surface area (Å²) in [6.07, 6.45) is 6.36. The lowest BCUT2D eigenvalue weighted by atomic mass is 9.85. The highest BCUT2D eigenvalue weighted by atomic mass is 19.1. The van der Waals surface area contributed by atoms with E-state index in [1.54, 1.807) is 39.9 Å². The summed E-state index contributed by atoms with van der Waals surface area (Å²) in [4.78, 5) is 29.7. The van der Waals surface area contributed by atoms with Crippen molar-refractivity contribution in [1.29, 1.82) is 0 Å². The van der Waals surface area contributed by atoms with Crippen LogP contribution in [0.1, 0.15) is 24.8 Å². The molecule has 0 saturated heterocycles. The summed E-state index contributed by atoms with van der Waals surface area (Å²) in [5.74, 6) is 0.0759. The van der Waals surface area contributed by atoms with E-state index in [-0.39, 0.29) is 43.4 Å². The van der Waals surface area contributed by atoms with Gasteiger partial charge >= 0.3 is 0 Å². The Kier molecular flexibility index (Phi) is 7.13. The molecular formula is C30H28FN5O4. The maximum absolute atomic E-state index is 14.0. The number of hydrogen-bond donors (Lipinski definition) is 1. The van der Waals surface area contributed by atoms with Crippen LogP contribution in [0.25, 0.3) is 11.0 Å². The second kappa shape index (κ2) is 11.2. The number of nitrogens with zero attached hydrogens (tertiary/aromatic N) is 4. The Balaban J connectivity index is 1.34. The average molecular weight is 542 g/mol. The van der Waals surface area contributed by atoms with Gasteiger partial charge in [-0.25, -0.2) is 9.07 Å². The molecule has 6 rings (SSSR count). The van der Waals surface area contributed by atoms with E-state index in [4.69, 9.17) is 9.47 Å². The number of fused-ring (bicyclic) bond motifs is 2. The number of allylic oxidation sites excluding steroid dienone is 2. The summed E-state index contributed by atoms with van der Waals surface area (Å²) >= 11 is 0. The predicted octanol–water partition coefficient (Wildman–Crippen LogP) is 4.69. The molecule has 0 fully saturated rings. The molecule has 0 radical (unpaired) electrons. The standard InChI is InChI=1S/C30H28FN5O4/c31-22-12-10-20(11-13-22)17-35(28(37)18-36-25-9-5-4-8-24(25)33-34-36)29(21-6-2-1-3-7-21)30(38)32-23-14-15-26-27(16-23)40-19-39-26/h1-2,4-5,8-16,21,29H,3,6-7,17-19H2,(H,32,38)/t21-,29-/m1/s1. The van der Waals surface area contributed by atoms with Crippen molar-refractivity contribution in [3.63, 3.8) is 0 Å². The predicted molar refractivity (Wildman–Crippen MR) is 146 cm³/mol. The number of rotatable bonds is 8. The molecule has 9 nitrogen and oxygen atoms in total. The fourth-order valence-corrected chi connectivity index (χ4v) is 5.29. The third kappa shape index (κ3) is 5.38. The van der Waals surface area contributed by atoms with Crippen molar-refractivity contribution in [3.8, 4) is 11.5 Å². The molecule has 2 heterocycles. The van der Waals surface area contributed by atoms with Gasteiger partial charge in [0.1, 0.15) is 23.9 Å². The van der Waals surface area contributed by atoms with Gasteiger partial charge in [-0.2, -0.15) is 0 Å². The second-order valence-corrected chi connectivity index (χ2v) is 9.93. The number of amides is 2. The largest absolute Gasteiger partial charge is 0.454 e. The number of aromatic nitrogens is 3. The molecule has 4 aromatic rings. The van der Waals surface area contributed by atoms with E-state index in [0.717, 1.165) is 18.4 Å². The Bertz CT molecular complexity index is 1570. The molecule has 40 heavy (non-hydrogen) atoms. The zero-order valence-corrected chi connectivity index (χ0v) is 21.7. The third-order valence-electron chi connectivity index (χ3n) is 7.29. The Morgan fingerprint density at radius 3 is 2.70 bits per heavy atom. The smallest absolute Gasteiger partial charge is 0.247 e. The van der Waals surface area contributed by atoms with Crippen LogP contribution in [-0.2, 0) is 22.7 Å². The molecule has 0 saturated carbocycles. The fraction of sp³-hybridized carbons (Fsp3) is 0.267. The first-order valence-corrected chi connectivity index (χ1v) is 13.2. The van der Waals surface area contributed by atoms with Crippen LogP contribution >= 0.6 is 0 Å². The number of hydrogen-bond acceptors (Lipinski definition) is 6. The van der Waals surface area contributed by atoms with E-state index in [2.05, 4.69) is 27.8 Å². The molecule has 1 aliphatic heterocycles. The maximum atomic E-state index is 14.0. The van der Waals surface area contributed by atoms with Crippen molar-refractivity contribution in [2.45, 2.75) is 38.4 Å². The van der Waals surface area contributed by atoms with Crippen molar-refractivity contribution in [3.05, 3.63) is 90.3 Å². The summed E-state index contributed by atoms with van der Waals surface area (Å²) < 4.78 is 26.1. The summed E-state index contributed by atoms with van der Waals surface area (Å²) in [5.41, 5.74) is 2.65. The fourth-order valence-electron chi connectivity index (χ4n) is 5.29. The monoisotopic (exact) mass is 541 g/mol. The van der Waals surface area contributed by atoms with Gasteiger partial charge in [0, 0.05) is 18.3 Å². The first kappa shape index (κ1) is 25.5. The van der Waals surface area contributed by atoms with Gasteiger partial charge in [0.2, 0.25) is 18.6 Å². The highest BCUT2D eigenvalue weighted by Gasteiger charge is 2.37. The minimum Gasteiger partial charge on any atom is -0.454 e. The molecule has 3 aromatic carbocycles. The number of ether oxygens (including phenoxy) is 2. The Morgan fingerprint density at radius 1 is 1.05 bits per heavy atom. The van der Waals surface area contributed by atoms with Gasteiger partial charge in [0.05, 0.1) is 5.52 Å². The summed E-state index contributed by atoms with van der Waals surface area (Å²) in [6, 6.07) is 17.8. The van der Waals surface area contributed by atoms with Crippen molar-refractivity contribution >= 4 is 28.5 Å². The van der Waals surface area contributed by atoms with Crippen molar-refractivity contribution < 1.29 is 23.5 Å². The van der Waals surface area contributed by atoms with Crippen LogP contribution in [0.3, 0.4) is 0 Å². The molecule has 1 N–H and O–H groups in total. The van der Waals surface area contributed by atoms with Crippen molar-refractivity contribution in [2.24, 2.45) is 5.92 Å². The zero-order valence-electron chi connectivity index (χ0n) is 21.7. The number of anilines is 1. The summed E-state index contributed by atoms with van der Waals surface area (Å²) in [6.45, 7) is 0.157. The van der Waals surface area contributed by atoms with E-state index in [1.807, 2.05) is 24.3 Å². The Hall–Kier alpha value is -4.73. The molecule has 2 aliphatic rings. The number of nitrogens with one attached hydrogen (secondary N) is 1. The highest BCUT2D eigenvalue weighted by Crippen LogP contribution is 2.35. The van der Waals surface area contributed by atoms with Gasteiger partial charge in [0.25, 0.3) is 0 Å². The highest BCUT2D eigenvalue weighted by molar-refractivity contribution is 5.98. The quantitative estimate of drug-likeness (QED) is 0.325. The second-order valence-electron chi connectivity index (χ2n) is 9.93. The molecule has 1 aromatic heterocycles. The Morgan fingerprint density at radius 2 is 1.88 bits per heavy atom. The number of carbonyl (C=O) groups is 2. The van der Waals surface area contributed by atoms with Crippen LogP contribution in [0.5, 0.6) is 11.5 Å². The molecule has 1 aliphatic carbocycles. The molecular weight excluding hydrogens is 513 g/mol. The molecule has 0 spiro atoms. The number of carbonyl (C=O) groups excluding carboxylic acids is 2. The molecule has 2 amide bonds. The van der Waals surface area contributed by atoms with E-state index in [1.165, 1.54) is 12.1 Å². The van der Waals surface area contributed by atoms with E-state index in [9.17, 15) is 14.0 Å². The van der Waals surface area contributed by atoms with Crippen LogP contribution in [-0.4, -0.2) is 44.5 Å². The molecule has 0 bridgehead atoms. The topological polar surface area (TPSA) is 98.6 Å². The van der Waals surface area contributed by atoms with Crippen LogP contribution in [0.2, 0.25) is 0 Å². The SMILES string of the molecule is O=C(Nc1ccc2c(c1)OCO2)[C@@H]([C@@H]1CC=CCC1)N(Cc1ccc(F)cc1)C(=O)Cn1nnc2ccccc21. The maximum Gasteiger partial charge on any atom is 0.247 e. The van der Waals surface area contributed by atoms with E-state index in [0.29, 0.717) is 34.7 Å². The van der Waals surface area contributed by atoms with Gasteiger partial charge in [-0.15, -0.1) is 5.10 Å². The minimum absolute atomic E-state index is 0.0991. The normalized spacial score (nSPS) is 16.6. The van der Waals surface area contributed by atoms with Gasteiger partial charge in [0.15, 0.2) is 11.5 Å². The minimum atomic E-state index is -0.789. The lowest BCUT2D eigenvalue weighted by Gasteiger charge is -2.37. The molecule has 0 unspecified atom stereocenters. The number of para-hydroxylation sites is 1. The summed E-state index contributed by atoms with van der Waals surface area (Å²) in [7, 11) is 0. The molecule has 10 heteroatoms. The first-order valence-electron chi connectivity index (χ1n) is 13.2. The molecule has 2 atom stereocenters. The van der Waals surface area contributed by atoms with Crippen LogP contribution in [0, 0.1) is 11.7 Å². The lowest BCUT2D eigenvalue weighted by molar-refractivity contribution is -0.142. The van der Waals surface area contributed by atoms with Gasteiger partial charge in [-0.3, -0.25) is 9.59 Å². The third-order valence-corrected chi connectivity index (χ3v) is 7.29. The van der Waals surface area contributed by atoms with Crippen LogP contribution in [0.15, 0.2) is 78.9 Å². The lowest BCUT2D eigenvalue weighted by Crippen LogP contribution is -2.52. The summed E-state index contributed by atoms with van der Waals surface area (Å²) in [5, 5.41) is 11.4. The van der Waals surface area contributed by atoms with Crippen LogP contribution in [0.4, 0.5) is 10.1 Å². The van der Waals surface area contributed by atoms with Gasteiger partial charge < -0.3 is 19.7 Å². The number of benzene rings is 3. The average Bonchev–Trinajstić information content (AvgIpc) is 3.61. The zero-order chi connectivity index (χ0) is 27.5. The van der Waals surface area contributed by atoms with Crippen LogP contribution < -0.4 is 14.8 Å². The van der Waals surface area contributed by atoms with Crippen molar-refractivity contribution in [1.82, 2.24) is 19.9 Å². The van der Waals surface area contributed by atoms with Gasteiger partial charge in [-0.05, 0) is 67.1 Å². The molecule has 204 valence electrons. The van der Waals surface area contributed by atoms with Gasteiger partial charge in [-0.1, -0.05) is 41.6 Å². The number of halogens is 1. The Labute approximate surface area is 230 Å². The first-order chi connectivity index (χ1) is 19.5. The van der Waals surface area contributed by atoms with Crippen molar-refractivity contribution in [2.75, 3.05) is 12.1 Å².